The van der Waals surface area contributed by atoms with E-state index in [0.29, 0.717) is 5.82 Å². The molecule has 9 aromatic rings. The van der Waals surface area contributed by atoms with Crippen LogP contribution < -0.4 is 0 Å². The van der Waals surface area contributed by atoms with Gasteiger partial charge < -0.3 is 0 Å². The highest BCUT2D eigenvalue weighted by molar-refractivity contribution is 5.95. The highest BCUT2D eigenvalue weighted by Crippen LogP contribution is 2.58. The predicted octanol–water partition coefficient (Wildman–Crippen LogP) is 13.2. The van der Waals surface area contributed by atoms with Gasteiger partial charge in [0.1, 0.15) is 0 Å². The first-order chi connectivity index (χ1) is 27.3. The molecule has 0 bridgehead atoms. The van der Waals surface area contributed by atoms with Crippen LogP contribution in [0.4, 0.5) is 0 Å². The normalized spacial score (nSPS) is 12.5. The van der Waals surface area contributed by atoms with Gasteiger partial charge in [-0.15, -0.1) is 0 Å². The summed E-state index contributed by atoms with van der Waals surface area (Å²) >= 11 is 0. The number of hydrogen-bond acceptors (Lipinski definition) is 2. The smallest absolute Gasteiger partial charge is 0.160 e. The first-order valence-corrected chi connectivity index (χ1v) is 18.8. The van der Waals surface area contributed by atoms with Crippen molar-refractivity contribution in [1.29, 1.82) is 0 Å². The van der Waals surface area contributed by atoms with Gasteiger partial charge in [-0.3, -0.25) is 0 Å². The van der Waals surface area contributed by atoms with Crippen LogP contribution in [0, 0.1) is 0 Å². The summed E-state index contributed by atoms with van der Waals surface area (Å²) in [6.45, 7) is 0. The first-order valence-electron chi connectivity index (χ1n) is 18.8. The molecule has 0 radical (unpaired) electrons. The van der Waals surface area contributed by atoms with Crippen LogP contribution in [0.2, 0.25) is 0 Å². The lowest BCUT2D eigenvalue weighted by molar-refractivity contribution is 0.769. The third-order valence-electron chi connectivity index (χ3n) is 11.0. The lowest BCUT2D eigenvalue weighted by atomic mass is 9.67. The van der Waals surface area contributed by atoms with Crippen LogP contribution >= 0.6 is 0 Å². The highest BCUT2D eigenvalue weighted by Gasteiger charge is 2.46. The largest absolute Gasteiger partial charge is 0.228 e. The maximum atomic E-state index is 5.10. The van der Waals surface area contributed by atoms with E-state index >= 15 is 0 Å². The molecular weight excluding hydrogens is 665 g/mol. The van der Waals surface area contributed by atoms with Gasteiger partial charge in [0.05, 0.1) is 16.8 Å². The minimum Gasteiger partial charge on any atom is -0.228 e. The fourth-order valence-corrected chi connectivity index (χ4v) is 8.47. The van der Waals surface area contributed by atoms with E-state index in [1.165, 1.54) is 50.1 Å². The molecule has 1 aliphatic rings. The average molecular weight is 701 g/mol. The van der Waals surface area contributed by atoms with Crippen LogP contribution in [0.15, 0.2) is 218 Å². The van der Waals surface area contributed by atoms with Gasteiger partial charge in [-0.2, -0.15) is 0 Å². The number of hydrogen-bond donors (Lipinski definition) is 0. The van der Waals surface area contributed by atoms with Gasteiger partial charge >= 0.3 is 0 Å². The second-order valence-electron chi connectivity index (χ2n) is 14.1. The summed E-state index contributed by atoms with van der Waals surface area (Å²) in [4.78, 5) is 10.1. The van der Waals surface area contributed by atoms with Crippen LogP contribution in [0.25, 0.3) is 67.3 Å². The molecule has 2 nitrogen and oxygen atoms in total. The first kappa shape index (κ1) is 32.5. The number of benzene rings is 8. The standard InChI is InChI=1S/C53H36N2/c1-6-18-37(19-7-1)46-35-49-47(44-28-16-17-29-48(44)53(49,42-24-12-4-13-25-42)43-26-14-5-15-27-43)34-45(46)38-30-32-40(33-31-38)51-36-50(39-20-8-2-9-21-39)54-52(55-51)41-22-10-3-11-23-41/h1-36H. The van der Waals surface area contributed by atoms with Crippen molar-refractivity contribution in [3.8, 4) is 67.3 Å². The van der Waals surface area contributed by atoms with Crippen LogP contribution in [0.3, 0.4) is 0 Å². The summed E-state index contributed by atoms with van der Waals surface area (Å²) in [5, 5.41) is 0. The van der Waals surface area contributed by atoms with E-state index in [2.05, 4.69) is 194 Å². The fourth-order valence-electron chi connectivity index (χ4n) is 8.47. The van der Waals surface area contributed by atoms with Gasteiger partial charge in [0.2, 0.25) is 0 Å². The molecule has 2 heteroatoms. The molecule has 258 valence electrons. The summed E-state index contributed by atoms with van der Waals surface area (Å²) in [6.07, 6.45) is 0. The highest BCUT2D eigenvalue weighted by atomic mass is 14.9. The van der Waals surface area contributed by atoms with E-state index in [-0.39, 0.29) is 0 Å². The third kappa shape index (κ3) is 5.59. The van der Waals surface area contributed by atoms with E-state index < -0.39 is 5.41 Å². The van der Waals surface area contributed by atoms with Crippen LogP contribution in [0.5, 0.6) is 0 Å². The zero-order chi connectivity index (χ0) is 36.6. The minimum absolute atomic E-state index is 0.472. The number of nitrogens with zero attached hydrogens (tertiary/aromatic N) is 2. The fraction of sp³-hybridized carbons (Fsp3) is 0.0189. The number of aromatic nitrogens is 2. The lowest BCUT2D eigenvalue weighted by Crippen LogP contribution is -2.28. The van der Waals surface area contributed by atoms with Crippen molar-refractivity contribution in [2.24, 2.45) is 0 Å². The van der Waals surface area contributed by atoms with Gasteiger partial charge in [-0.25, -0.2) is 9.97 Å². The van der Waals surface area contributed by atoms with Crippen LogP contribution in [-0.4, -0.2) is 9.97 Å². The Hall–Kier alpha value is -7.16. The Morgan fingerprint density at radius 3 is 1.27 bits per heavy atom. The number of rotatable bonds is 7. The van der Waals surface area contributed by atoms with Gasteiger partial charge in [0.15, 0.2) is 5.82 Å². The topological polar surface area (TPSA) is 25.8 Å². The Kier molecular flexibility index (Phi) is 8.08. The Bertz CT molecular complexity index is 2660. The van der Waals surface area contributed by atoms with Crippen molar-refractivity contribution in [2.45, 2.75) is 5.41 Å². The summed E-state index contributed by atoms with van der Waals surface area (Å²) in [5.41, 5.74) is 16.8. The third-order valence-corrected chi connectivity index (χ3v) is 11.0. The average Bonchev–Trinajstić information content (AvgIpc) is 3.57. The molecule has 0 unspecified atom stereocenters. The molecular formula is C53H36N2. The van der Waals surface area contributed by atoms with Crippen molar-refractivity contribution in [3.05, 3.63) is 241 Å². The molecule has 1 heterocycles. The van der Waals surface area contributed by atoms with Crippen molar-refractivity contribution in [1.82, 2.24) is 9.97 Å². The Morgan fingerprint density at radius 1 is 0.273 bits per heavy atom. The molecule has 10 rings (SSSR count). The molecule has 8 aromatic carbocycles. The maximum absolute atomic E-state index is 5.10. The second kappa shape index (κ2) is 13.7. The Balaban J connectivity index is 1.17. The summed E-state index contributed by atoms with van der Waals surface area (Å²) < 4.78 is 0. The van der Waals surface area contributed by atoms with Gasteiger partial charge in [0, 0.05) is 16.7 Å². The summed E-state index contributed by atoms with van der Waals surface area (Å²) in [6, 6.07) is 78.3. The minimum atomic E-state index is -0.472. The molecule has 0 amide bonds. The quantitative estimate of drug-likeness (QED) is 0.165. The maximum Gasteiger partial charge on any atom is 0.160 e. The van der Waals surface area contributed by atoms with Crippen molar-refractivity contribution in [3.63, 3.8) is 0 Å². The summed E-state index contributed by atoms with van der Waals surface area (Å²) in [7, 11) is 0. The summed E-state index contributed by atoms with van der Waals surface area (Å²) in [5.74, 6) is 0.713. The molecule has 0 saturated heterocycles. The van der Waals surface area contributed by atoms with E-state index in [1.807, 2.05) is 24.3 Å². The second-order valence-corrected chi connectivity index (χ2v) is 14.1. The van der Waals surface area contributed by atoms with Crippen molar-refractivity contribution in [2.75, 3.05) is 0 Å². The molecule has 0 atom stereocenters. The molecule has 0 spiro atoms. The number of fused-ring (bicyclic) bond motifs is 3. The zero-order valence-electron chi connectivity index (χ0n) is 30.2. The molecule has 0 aliphatic heterocycles. The monoisotopic (exact) mass is 700 g/mol. The van der Waals surface area contributed by atoms with E-state index in [1.54, 1.807) is 0 Å². The molecule has 0 N–H and O–H groups in total. The van der Waals surface area contributed by atoms with E-state index in [9.17, 15) is 0 Å². The molecule has 0 saturated carbocycles. The molecule has 0 fully saturated rings. The Labute approximate surface area is 322 Å². The lowest BCUT2D eigenvalue weighted by Gasteiger charge is -2.34. The van der Waals surface area contributed by atoms with Gasteiger partial charge in [0.25, 0.3) is 0 Å². The predicted molar refractivity (Wildman–Crippen MR) is 227 cm³/mol. The van der Waals surface area contributed by atoms with Crippen molar-refractivity contribution >= 4 is 0 Å². The van der Waals surface area contributed by atoms with Crippen LogP contribution in [-0.2, 0) is 5.41 Å². The molecule has 1 aromatic heterocycles. The molecule has 55 heavy (non-hydrogen) atoms. The van der Waals surface area contributed by atoms with Gasteiger partial charge in [-0.1, -0.05) is 200 Å². The molecule has 1 aliphatic carbocycles. The van der Waals surface area contributed by atoms with E-state index in [4.69, 9.17) is 9.97 Å². The van der Waals surface area contributed by atoms with Gasteiger partial charge in [-0.05, 0) is 73.8 Å². The van der Waals surface area contributed by atoms with Crippen molar-refractivity contribution < 1.29 is 0 Å². The Morgan fingerprint density at radius 2 is 0.691 bits per heavy atom. The van der Waals surface area contributed by atoms with E-state index in [0.717, 1.165) is 33.6 Å². The SMILES string of the molecule is c1ccc(-c2cc(-c3ccc(-c4cc5c(cc4-c4ccccc4)C(c4ccccc4)(c4ccccc4)c4ccccc4-5)cc3)nc(-c3ccccc3)n2)cc1. The zero-order valence-corrected chi connectivity index (χ0v) is 30.2. The van der Waals surface area contributed by atoms with Crippen LogP contribution in [0.1, 0.15) is 22.3 Å².